The Bertz CT molecular complexity index is 513. The van der Waals surface area contributed by atoms with Gasteiger partial charge < -0.3 is 14.6 Å². The maximum atomic E-state index is 5.35. The number of rotatable bonds is 7. The standard InChI is InChI=1S/C14H18BrN3O/c1-2-19-11-5-9-18-10-8-16-14(18)17-13-7-4-3-6-12(13)15/h3-4,6-8,10H,2,5,9,11H2,1H3,(H,16,17). The minimum absolute atomic E-state index is 0.770. The number of nitrogens with zero attached hydrogens (tertiary/aromatic N) is 2. The van der Waals surface area contributed by atoms with Crippen LogP contribution in [0.1, 0.15) is 13.3 Å². The van der Waals surface area contributed by atoms with Crippen molar-refractivity contribution in [2.75, 3.05) is 18.5 Å². The second-order valence-corrected chi connectivity index (χ2v) is 4.95. The molecule has 0 amide bonds. The molecule has 1 heterocycles. The Morgan fingerprint density at radius 2 is 2.21 bits per heavy atom. The van der Waals surface area contributed by atoms with E-state index in [0.29, 0.717) is 0 Å². The zero-order valence-corrected chi connectivity index (χ0v) is 12.6. The highest BCUT2D eigenvalue weighted by Gasteiger charge is 2.05. The highest BCUT2D eigenvalue weighted by Crippen LogP contribution is 2.24. The van der Waals surface area contributed by atoms with Gasteiger partial charge in [-0.25, -0.2) is 4.98 Å². The molecule has 0 aliphatic rings. The minimum atomic E-state index is 0.770. The van der Waals surface area contributed by atoms with Crippen molar-refractivity contribution in [3.63, 3.8) is 0 Å². The molecule has 0 aliphatic heterocycles. The Labute approximate surface area is 121 Å². The molecule has 0 atom stereocenters. The van der Waals surface area contributed by atoms with E-state index in [9.17, 15) is 0 Å². The van der Waals surface area contributed by atoms with Gasteiger partial charge in [0.15, 0.2) is 0 Å². The van der Waals surface area contributed by atoms with Gasteiger partial charge >= 0.3 is 0 Å². The van der Waals surface area contributed by atoms with Crippen LogP contribution in [0, 0.1) is 0 Å². The fourth-order valence-corrected chi connectivity index (χ4v) is 2.16. The van der Waals surface area contributed by atoms with Gasteiger partial charge in [0.2, 0.25) is 5.95 Å². The monoisotopic (exact) mass is 323 g/mol. The summed E-state index contributed by atoms with van der Waals surface area (Å²) in [5.74, 6) is 0.850. The first-order chi connectivity index (χ1) is 9.31. The quantitative estimate of drug-likeness (QED) is 0.787. The SMILES string of the molecule is CCOCCCn1ccnc1Nc1ccccc1Br. The van der Waals surface area contributed by atoms with Crippen molar-refractivity contribution in [1.82, 2.24) is 9.55 Å². The smallest absolute Gasteiger partial charge is 0.207 e. The second-order valence-electron chi connectivity index (χ2n) is 4.10. The van der Waals surface area contributed by atoms with Crippen molar-refractivity contribution in [3.8, 4) is 0 Å². The Balaban J connectivity index is 1.98. The molecule has 2 aromatic rings. The number of aromatic nitrogens is 2. The third-order valence-corrected chi connectivity index (χ3v) is 3.42. The molecule has 1 N–H and O–H groups in total. The summed E-state index contributed by atoms with van der Waals surface area (Å²) < 4.78 is 8.47. The first-order valence-electron chi connectivity index (χ1n) is 6.41. The maximum Gasteiger partial charge on any atom is 0.207 e. The number of aryl methyl sites for hydroxylation is 1. The number of anilines is 2. The second kappa shape index (κ2) is 7.31. The number of ether oxygens (including phenoxy) is 1. The number of nitrogens with one attached hydrogen (secondary N) is 1. The molecule has 19 heavy (non-hydrogen) atoms. The molecule has 0 radical (unpaired) electrons. The third kappa shape index (κ3) is 4.08. The summed E-state index contributed by atoms with van der Waals surface area (Å²) in [4.78, 5) is 4.34. The first-order valence-corrected chi connectivity index (χ1v) is 7.21. The Hall–Kier alpha value is -1.33. The number of halogens is 1. The Morgan fingerprint density at radius 1 is 1.37 bits per heavy atom. The van der Waals surface area contributed by atoms with Crippen LogP contribution < -0.4 is 5.32 Å². The van der Waals surface area contributed by atoms with Crippen molar-refractivity contribution in [2.24, 2.45) is 0 Å². The van der Waals surface area contributed by atoms with Gasteiger partial charge in [0.05, 0.1) is 5.69 Å². The average Bonchev–Trinajstić information content (AvgIpc) is 2.85. The summed E-state index contributed by atoms with van der Waals surface area (Å²) >= 11 is 3.52. The highest BCUT2D eigenvalue weighted by molar-refractivity contribution is 9.10. The number of imidazole rings is 1. The molecule has 0 bridgehead atoms. The molecule has 2 rings (SSSR count). The molecule has 0 aliphatic carbocycles. The van der Waals surface area contributed by atoms with Gasteiger partial charge in [-0.1, -0.05) is 12.1 Å². The molecule has 1 aromatic carbocycles. The van der Waals surface area contributed by atoms with Crippen molar-refractivity contribution in [3.05, 3.63) is 41.1 Å². The van der Waals surface area contributed by atoms with E-state index < -0.39 is 0 Å². The van der Waals surface area contributed by atoms with E-state index in [4.69, 9.17) is 4.74 Å². The van der Waals surface area contributed by atoms with Crippen molar-refractivity contribution >= 4 is 27.6 Å². The lowest BCUT2D eigenvalue weighted by molar-refractivity contribution is 0.142. The fourth-order valence-electron chi connectivity index (χ4n) is 1.78. The van der Waals surface area contributed by atoms with Gasteiger partial charge in [-0.2, -0.15) is 0 Å². The molecule has 4 nitrogen and oxygen atoms in total. The predicted molar refractivity (Wildman–Crippen MR) is 80.8 cm³/mol. The van der Waals surface area contributed by atoms with E-state index >= 15 is 0 Å². The Morgan fingerprint density at radius 3 is 3.00 bits per heavy atom. The van der Waals surface area contributed by atoms with Gasteiger partial charge in [-0.15, -0.1) is 0 Å². The summed E-state index contributed by atoms with van der Waals surface area (Å²) in [5.41, 5.74) is 1.01. The highest BCUT2D eigenvalue weighted by atomic mass is 79.9. The summed E-state index contributed by atoms with van der Waals surface area (Å²) in [7, 11) is 0. The number of hydrogen-bond acceptors (Lipinski definition) is 3. The predicted octanol–water partition coefficient (Wildman–Crippen LogP) is 3.82. The molecular formula is C14H18BrN3O. The molecular weight excluding hydrogens is 306 g/mol. The molecule has 0 saturated heterocycles. The van der Waals surface area contributed by atoms with E-state index in [2.05, 4.69) is 30.8 Å². The zero-order valence-electron chi connectivity index (χ0n) is 11.0. The largest absolute Gasteiger partial charge is 0.382 e. The lowest BCUT2D eigenvalue weighted by Crippen LogP contribution is -2.06. The van der Waals surface area contributed by atoms with E-state index in [1.165, 1.54) is 0 Å². The van der Waals surface area contributed by atoms with Gasteiger partial charge in [-0.3, -0.25) is 0 Å². The van der Waals surface area contributed by atoms with Crippen LogP contribution in [0.3, 0.4) is 0 Å². The normalized spacial score (nSPS) is 10.6. The molecule has 0 saturated carbocycles. The average molecular weight is 324 g/mol. The first kappa shape index (κ1) is 14.1. The number of benzene rings is 1. The van der Waals surface area contributed by atoms with Crippen LogP contribution in [-0.4, -0.2) is 22.8 Å². The lowest BCUT2D eigenvalue weighted by Gasteiger charge is -2.11. The summed E-state index contributed by atoms with van der Waals surface area (Å²) in [5, 5.41) is 3.33. The van der Waals surface area contributed by atoms with Crippen LogP contribution >= 0.6 is 15.9 Å². The fraction of sp³-hybridized carbons (Fsp3) is 0.357. The maximum absolute atomic E-state index is 5.35. The van der Waals surface area contributed by atoms with E-state index in [0.717, 1.165) is 42.3 Å². The van der Waals surface area contributed by atoms with Gasteiger partial charge in [0, 0.05) is 36.6 Å². The number of para-hydroxylation sites is 1. The van der Waals surface area contributed by atoms with Crippen LogP contribution in [0.25, 0.3) is 0 Å². The topological polar surface area (TPSA) is 39.1 Å². The van der Waals surface area contributed by atoms with Crippen LogP contribution in [0.15, 0.2) is 41.1 Å². The molecule has 0 unspecified atom stereocenters. The minimum Gasteiger partial charge on any atom is -0.382 e. The summed E-state index contributed by atoms with van der Waals surface area (Å²) in [6.45, 7) is 4.46. The Kier molecular flexibility index (Phi) is 5.42. The van der Waals surface area contributed by atoms with E-state index in [1.807, 2.05) is 37.4 Å². The van der Waals surface area contributed by atoms with Crippen LogP contribution in [0.5, 0.6) is 0 Å². The zero-order chi connectivity index (χ0) is 13.5. The molecule has 5 heteroatoms. The number of hydrogen-bond donors (Lipinski definition) is 1. The third-order valence-electron chi connectivity index (χ3n) is 2.73. The molecule has 0 fully saturated rings. The van der Waals surface area contributed by atoms with Crippen LogP contribution in [-0.2, 0) is 11.3 Å². The van der Waals surface area contributed by atoms with Gasteiger partial charge in [0.25, 0.3) is 0 Å². The molecule has 102 valence electrons. The van der Waals surface area contributed by atoms with Gasteiger partial charge in [-0.05, 0) is 41.4 Å². The van der Waals surface area contributed by atoms with Crippen LogP contribution in [0.2, 0.25) is 0 Å². The summed E-state index contributed by atoms with van der Waals surface area (Å²) in [6, 6.07) is 8.01. The van der Waals surface area contributed by atoms with E-state index in [-0.39, 0.29) is 0 Å². The van der Waals surface area contributed by atoms with Crippen molar-refractivity contribution in [2.45, 2.75) is 19.9 Å². The van der Waals surface area contributed by atoms with E-state index in [1.54, 1.807) is 6.20 Å². The summed E-state index contributed by atoms with van der Waals surface area (Å²) in [6.07, 6.45) is 4.76. The molecule has 1 aromatic heterocycles. The van der Waals surface area contributed by atoms with Crippen LogP contribution in [0.4, 0.5) is 11.6 Å². The lowest BCUT2D eigenvalue weighted by atomic mass is 10.3. The molecule has 0 spiro atoms. The van der Waals surface area contributed by atoms with Crippen molar-refractivity contribution < 1.29 is 4.74 Å². The van der Waals surface area contributed by atoms with Crippen molar-refractivity contribution in [1.29, 1.82) is 0 Å². The van der Waals surface area contributed by atoms with Gasteiger partial charge in [0.1, 0.15) is 0 Å².